The Labute approximate surface area is 239 Å². The molecule has 0 amide bonds. The van der Waals surface area contributed by atoms with Crippen LogP contribution in [0.4, 0.5) is 16.0 Å². The average molecular weight is 559 g/mol. The molecule has 5 heterocycles. The maximum atomic E-state index is 15.8. The van der Waals surface area contributed by atoms with Gasteiger partial charge in [0, 0.05) is 67.0 Å². The van der Waals surface area contributed by atoms with E-state index in [-0.39, 0.29) is 23.3 Å². The Bertz CT molecular complexity index is 1650. The molecule has 1 saturated heterocycles. The molecule has 0 spiro atoms. The van der Waals surface area contributed by atoms with Crippen molar-refractivity contribution in [1.82, 2.24) is 29.9 Å². The summed E-state index contributed by atoms with van der Waals surface area (Å²) in [4.78, 5) is 14.9. The number of hydrogen-bond donors (Lipinski definition) is 2. The molecule has 9 nitrogen and oxygen atoms in total. The third-order valence-electron chi connectivity index (χ3n) is 9.31. The number of nitrogens with zero attached hydrogens (tertiary/aromatic N) is 7. The minimum atomic E-state index is -0.370. The van der Waals surface area contributed by atoms with Crippen LogP contribution in [0.15, 0.2) is 12.1 Å². The van der Waals surface area contributed by atoms with Gasteiger partial charge in [0.15, 0.2) is 17.5 Å². The summed E-state index contributed by atoms with van der Waals surface area (Å²) in [5.74, 6) is 2.25. The van der Waals surface area contributed by atoms with Crippen LogP contribution in [-0.4, -0.2) is 60.8 Å². The number of aliphatic hydroxyl groups excluding tert-OH is 1. The fraction of sp³-hybridized carbons (Fsp3) is 0.548. The predicted octanol–water partition coefficient (Wildman–Crippen LogP) is 5.03. The van der Waals surface area contributed by atoms with Crippen LogP contribution in [0.1, 0.15) is 74.2 Å². The molecule has 0 bridgehead atoms. The first-order valence-electron chi connectivity index (χ1n) is 14.9. The van der Waals surface area contributed by atoms with Crippen LogP contribution >= 0.6 is 0 Å². The number of halogens is 1. The molecule has 1 atom stereocenters. The highest BCUT2D eigenvalue weighted by Gasteiger charge is 2.39. The molecule has 3 aliphatic rings. The van der Waals surface area contributed by atoms with Crippen LogP contribution in [-0.2, 0) is 19.5 Å². The topological polar surface area (TPSA) is 99.0 Å². The molecule has 10 heteroatoms. The summed E-state index contributed by atoms with van der Waals surface area (Å²) < 4.78 is 17.6. The number of benzene rings is 1. The first kappa shape index (κ1) is 26.4. The van der Waals surface area contributed by atoms with E-state index in [1.807, 2.05) is 18.5 Å². The van der Waals surface area contributed by atoms with E-state index in [1.54, 1.807) is 0 Å². The van der Waals surface area contributed by atoms with E-state index in [0.29, 0.717) is 62.9 Å². The van der Waals surface area contributed by atoms with Crippen LogP contribution < -0.4 is 9.80 Å². The number of nitrogens with one attached hydrogen (secondary N) is 1. The first-order chi connectivity index (χ1) is 19.7. The number of H-pyrrole nitrogens is 1. The largest absolute Gasteiger partial charge is 0.392 e. The summed E-state index contributed by atoms with van der Waals surface area (Å²) in [7, 11) is 0. The number of hydrogen-bond acceptors (Lipinski definition) is 7. The Morgan fingerprint density at radius 1 is 1.10 bits per heavy atom. The summed E-state index contributed by atoms with van der Waals surface area (Å²) in [6.45, 7) is 13.5. The highest BCUT2D eigenvalue weighted by Crippen LogP contribution is 2.44. The molecule has 3 aromatic heterocycles. The van der Waals surface area contributed by atoms with Crippen LogP contribution in [0.2, 0.25) is 0 Å². The van der Waals surface area contributed by atoms with Crippen molar-refractivity contribution >= 4 is 22.5 Å². The van der Waals surface area contributed by atoms with Crippen molar-refractivity contribution in [2.75, 3.05) is 29.4 Å². The van der Waals surface area contributed by atoms with Gasteiger partial charge in [0.2, 0.25) is 0 Å². The maximum absolute atomic E-state index is 15.8. The van der Waals surface area contributed by atoms with E-state index in [4.69, 9.17) is 9.97 Å². The number of piperidine rings is 1. The molecule has 2 aliphatic heterocycles. The Balaban J connectivity index is 1.37. The average Bonchev–Trinajstić information content (AvgIpc) is 3.65. The van der Waals surface area contributed by atoms with Gasteiger partial charge in [-0.15, -0.1) is 0 Å². The van der Waals surface area contributed by atoms with E-state index in [1.165, 1.54) is 0 Å². The zero-order chi connectivity index (χ0) is 28.6. The highest BCUT2D eigenvalue weighted by atomic mass is 19.1. The van der Waals surface area contributed by atoms with E-state index in [0.717, 1.165) is 57.6 Å². The lowest BCUT2D eigenvalue weighted by molar-refractivity contribution is 0.0333. The number of aromatic nitrogens is 6. The molecule has 1 aromatic carbocycles. The van der Waals surface area contributed by atoms with Crippen molar-refractivity contribution in [3.8, 4) is 11.4 Å². The number of aryl methyl sites for hydroxylation is 3. The Kier molecular flexibility index (Phi) is 6.12. The fourth-order valence-electron chi connectivity index (χ4n) is 6.73. The lowest BCUT2D eigenvalue weighted by Crippen LogP contribution is -2.49. The Hall–Kier alpha value is -3.53. The normalized spacial score (nSPS) is 20.6. The molecule has 1 aliphatic carbocycles. The standard InChI is InChI=1S/C31H39FN8O/c1-6-40-30(26(32)27(37-40)19-8-9-19)38-13-11-21-20(15-38)29(39-14-12-23(41)31(4,5)16-39)34-28(33-21)24-17(2)7-10-22-25(24)18(3)35-36-22/h7,10,19,23,41H,6,8-9,11-16H2,1-5H3,(H,35,36)/t23-/m1/s1. The number of aromatic amines is 1. The summed E-state index contributed by atoms with van der Waals surface area (Å²) in [5, 5.41) is 24.1. The number of fused-ring (bicyclic) bond motifs is 2. The molecular weight excluding hydrogens is 519 g/mol. The maximum Gasteiger partial charge on any atom is 0.188 e. The SMILES string of the molecule is CCn1nc(C2CC2)c(F)c1N1CCc2nc(-c3c(C)ccc4[nH]nc(C)c34)nc(N3CC[C@@H](O)C(C)(C)C3)c2C1. The van der Waals surface area contributed by atoms with Gasteiger partial charge in [-0.05, 0) is 51.7 Å². The number of aliphatic hydroxyl groups is 1. The second-order valence-corrected chi connectivity index (χ2v) is 12.8. The second-order valence-electron chi connectivity index (χ2n) is 12.8. The van der Waals surface area contributed by atoms with E-state index in [2.05, 4.69) is 58.0 Å². The summed E-state index contributed by atoms with van der Waals surface area (Å²) >= 11 is 0. The van der Waals surface area contributed by atoms with Gasteiger partial charge in [-0.2, -0.15) is 10.2 Å². The monoisotopic (exact) mass is 558 g/mol. The van der Waals surface area contributed by atoms with Gasteiger partial charge in [0.05, 0.1) is 23.0 Å². The summed E-state index contributed by atoms with van der Waals surface area (Å²) in [5.41, 5.74) is 6.37. The Morgan fingerprint density at radius 2 is 1.90 bits per heavy atom. The van der Waals surface area contributed by atoms with E-state index < -0.39 is 0 Å². The van der Waals surface area contributed by atoms with E-state index in [9.17, 15) is 5.11 Å². The molecule has 0 radical (unpaired) electrons. The summed E-state index contributed by atoms with van der Waals surface area (Å²) in [6.07, 6.45) is 3.01. The smallest absolute Gasteiger partial charge is 0.188 e. The predicted molar refractivity (Wildman–Crippen MR) is 158 cm³/mol. The highest BCUT2D eigenvalue weighted by molar-refractivity contribution is 5.96. The molecule has 2 fully saturated rings. The van der Waals surface area contributed by atoms with Gasteiger partial charge in [0.25, 0.3) is 0 Å². The van der Waals surface area contributed by atoms with Gasteiger partial charge in [-0.1, -0.05) is 19.9 Å². The molecule has 0 unspecified atom stereocenters. The van der Waals surface area contributed by atoms with Gasteiger partial charge < -0.3 is 14.9 Å². The molecule has 41 heavy (non-hydrogen) atoms. The third-order valence-corrected chi connectivity index (χ3v) is 9.31. The van der Waals surface area contributed by atoms with Crippen LogP contribution in [0.5, 0.6) is 0 Å². The minimum absolute atomic E-state index is 0.170. The summed E-state index contributed by atoms with van der Waals surface area (Å²) in [6, 6.07) is 4.15. The van der Waals surface area contributed by atoms with Crippen molar-refractivity contribution in [3.63, 3.8) is 0 Å². The number of anilines is 2. The van der Waals surface area contributed by atoms with Crippen molar-refractivity contribution in [2.24, 2.45) is 5.41 Å². The lowest BCUT2D eigenvalue weighted by atomic mass is 9.81. The van der Waals surface area contributed by atoms with Crippen molar-refractivity contribution < 1.29 is 9.50 Å². The molecule has 216 valence electrons. The van der Waals surface area contributed by atoms with Gasteiger partial charge in [-0.3, -0.25) is 5.10 Å². The first-order valence-corrected chi connectivity index (χ1v) is 14.9. The molecule has 1 saturated carbocycles. The zero-order valence-electron chi connectivity index (χ0n) is 24.6. The minimum Gasteiger partial charge on any atom is -0.392 e. The quantitative estimate of drug-likeness (QED) is 0.355. The molecule has 7 rings (SSSR count). The second kappa shape index (κ2) is 9.51. The van der Waals surface area contributed by atoms with Gasteiger partial charge >= 0.3 is 0 Å². The van der Waals surface area contributed by atoms with Crippen molar-refractivity contribution in [2.45, 2.75) is 85.4 Å². The molecule has 2 N–H and O–H groups in total. The molecular formula is C31H39FN8O. The zero-order valence-corrected chi connectivity index (χ0v) is 24.6. The van der Waals surface area contributed by atoms with Crippen molar-refractivity contribution in [1.29, 1.82) is 0 Å². The molecule has 4 aromatic rings. The van der Waals surface area contributed by atoms with E-state index >= 15 is 4.39 Å². The van der Waals surface area contributed by atoms with Crippen LogP contribution in [0.3, 0.4) is 0 Å². The van der Waals surface area contributed by atoms with Crippen LogP contribution in [0, 0.1) is 25.1 Å². The van der Waals surface area contributed by atoms with Gasteiger partial charge in [0.1, 0.15) is 11.5 Å². The van der Waals surface area contributed by atoms with Gasteiger partial charge in [-0.25, -0.2) is 19.0 Å². The third kappa shape index (κ3) is 4.29. The number of rotatable bonds is 5. The van der Waals surface area contributed by atoms with Crippen LogP contribution in [0.25, 0.3) is 22.3 Å². The Morgan fingerprint density at radius 3 is 2.63 bits per heavy atom. The lowest BCUT2D eigenvalue weighted by Gasteiger charge is -2.43. The fourth-order valence-corrected chi connectivity index (χ4v) is 6.73. The van der Waals surface area contributed by atoms with Crippen molar-refractivity contribution in [3.05, 3.63) is 46.2 Å².